The van der Waals surface area contributed by atoms with E-state index in [9.17, 15) is 15.0 Å². The van der Waals surface area contributed by atoms with Crippen LogP contribution in [0.2, 0.25) is 0 Å². The van der Waals surface area contributed by atoms with E-state index in [-0.39, 0.29) is 5.92 Å². The van der Waals surface area contributed by atoms with E-state index in [1.54, 1.807) is 13.3 Å². The molecule has 0 aliphatic carbocycles. The van der Waals surface area contributed by atoms with Crippen molar-refractivity contribution in [3.05, 3.63) is 71.4 Å². The van der Waals surface area contributed by atoms with E-state index in [0.29, 0.717) is 31.7 Å². The highest BCUT2D eigenvalue weighted by Crippen LogP contribution is 2.33. The van der Waals surface area contributed by atoms with Gasteiger partial charge in [-0.05, 0) is 80.1 Å². The molecule has 182 valence electrons. The molecule has 6 heteroatoms. The van der Waals surface area contributed by atoms with Crippen LogP contribution >= 0.6 is 0 Å². The Labute approximate surface area is 206 Å². The van der Waals surface area contributed by atoms with Crippen molar-refractivity contribution in [2.24, 2.45) is 11.8 Å². The van der Waals surface area contributed by atoms with E-state index in [0.717, 1.165) is 40.6 Å². The van der Waals surface area contributed by atoms with Crippen LogP contribution in [0, 0.1) is 30.6 Å². The first-order chi connectivity index (χ1) is 17.0. The molecule has 0 radical (unpaired) electrons. The highest BCUT2D eigenvalue weighted by atomic mass is 16.5. The van der Waals surface area contributed by atoms with E-state index in [4.69, 9.17) is 4.74 Å². The van der Waals surface area contributed by atoms with Gasteiger partial charge in [-0.2, -0.15) is 0 Å². The molecule has 3 aromatic rings. The maximum atomic E-state index is 12.1. The second-order valence-electron chi connectivity index (χ2n) is 9.22. The molecule has 0 bridgehead atoms. The highest BCUT2D eigenvalue weighted by molar-refractivity contribution is 5.83. The molecule has 2 aromatic carbocycles. The summed E-state index contributed by atoms with van der Waals surface area (Å²) in [6.07, 6.45) is 2.93. The zero-order chi connectivity index (χ0) is 24.8. The van der Waals surface area contributed by atoms with E-state index in [1.807, 2.05) is 55.5 Å². The van der Waals surface area contributed by atoms with Crippen LogP contribution < -0.4 is 4.74 Å². The molecule has 0 saturated carbocycles. The summed E-state index contributed by atoms with van der Waals surface area (Å²) < 4.78 is 5.33. The number of piperidine rings is 1. The van der Waals surface area contributed by atoms with Crippen molar-refractivity contribution in [3.8, 4) is 17.6 Å². The molecule has 1 aromatic heterocycles. The van der Waals surface area contributed by atoms with Gasteiger partial charge in [-0.1, -0.05) is 30.0 Å². The lowest BCUT2D eigenvalue weighted by Crippen LogP contribution is -2.44. The Balaban J connectivity index is 1.38. The third kappa shape index (κ3) is 6.00. The van der Waals surface area contributed by atoms with Crippen LogP contribution in [0.5, 0.6) is 5.75 Å². The van der Waals surface area contributed by atoms with E-state index in [2.05, 4.69) is 21.7 Å². The van der Waals surface area contributed by atoms with E-state index in [1.165, 1.54) is 0 Å². The number of ether oxygens (including phenoxy) is 1. The third-order valence-corrected chi connectivity index (χ3v) is 6.98. The molecule has 1 aliphatic heterocycles. The first-order valence-corrected chi connectivity index (χ1v) is 12.1. The molecule has 1 saturated heterocycles. The normalized spacial score (nSPS) is 19.1. The zero-order valence-electron chi connectivity index (χ0n) is 20.3. The van der Waals surface area contributed by atoms with E-state index < -0.39 is 18.0 Å². The summed E-state index contributed by atoms with van der Waals surface area (Å²) in [4.78, 5) is 18.6. The number of pyridine rings is 1. The standard InChI is InChI=1S/C29H32N2O4/c1-20-6-3-4-7-21(20)8-5-16-31-17-14-22(26(19-31)29(33)34)9-12-28(32)24-13-15-30-27-11-10-23(35-2)18-25(24)27/h3-4,6-7,10-11,13,15,18,22,26,28,32H,9,12,14,16-17,19H2,1-2H3,(H,33,34)/t22-,26+,28+/m1/s1. The van der Waals surface area contributed by atoms with Crippen molar-refractivity contribution >= 4 is 16.9 Å². The number of hydrogen-bond acceptors (Lipinski definition) is 5. The number of aliphatic hydroxyl groups is 1. The van der Waals surface area contributed by atoms with Gasteiger partial charge in [0, 0.05) is 23.7 Å². The molecular weight excluding hydrogens is 440 g/mol. The number of benzene rings is 2. The van der Waals surface area contributed by atoms with Gasteiger partial charge in [-0.15, -0.1) is 0 Å². The Bertz CT molecular complexity index is 1250. The number of carboxylic acids is 1. The average molecular weight is 473 g/mol. The molecule has 2 heterocycles. The molecular formula is C29H32N2O4. The van der Waals surface area contributed by atoms with Crippen LogP contribution in [0.15, 0.2) is 54.7 Å². The van der Waals surface area contributed by atoms with Crippen molar-refractivity contribution in [1.82, 2.24) is 9.88 Å². The van der Waals surface area contributed by atoms with Gasteiger partial charge >= 0.3 is 5.97 Å². The molecule has 0 unspecified atom stereocenters. The number of hydrogen-bond donors (Lipinski definition) is 2. The molecule has 1 aliphatic rings. The molecule has 35 heavy (non-hydrogen) atoms. The number of fused-ring (bicyclic) bond motifs is 1. The van der Waals surface area contributed by atoms with Crippen molar-refractivity contribution in [2.45, 2.75) is 32.3 Å². The predicted octanol–water partition coefficient (Wildman–Crippen LogP) is 4.44. The van der Waals surface area contributed by atoms with Crippen molar-refractivity contribution in [3.63, 3.8) is 0 Å². The van der Waals surface area contributed by atoms with Crippen LogP contribution in [-0.4, -0.2) is 52.8 Å². The number of rotatable bonds is 7. The van der Waals surface area contributed by atoms with Gasteiger partial charge in [0.1, 0.15) is 5.75 Å². The summed E-state index contributed by atoms with van der Waals surface area (Å²) in [7, 11) is 1.61. The highest BCUT2D eigenvalue weighted by Gasteiger charge is 2.34. The fourth-order valence-electron chi connectivity index (χ4n) is 4.89. The lowest BCUT2D eigenvalue weighted by molar-refractivity contribution is -0.146. The largest absolute Gasteiger partial charge is 0.497 e. The summed E-state index contributed by atoms with van der Waals surface area (Å²) in [6, 6.07) is 15.5. The monoisotopic (exact) mass is 472 g/mol. The topological polar surface area (TPSA) is 82.9 Å². The molecule has 1 fully saturated rings. The number of aliphatic carboxylic acids is 1. The second-order valence-corrected chi connectivity index (χ2v) is 9.22. The maximum absolute atomic E-state index is 12.1. The van der Waals surface area contributed by atoms with Crippen LogP contribution in [-0.2, 0) is 4.79 Å². The van der Waals surface area contributed by atoms with Gasteiger partial charge in [0.2, 0.25) is 0 Å². The Hall–Kier alpha value is -3.40. The maximum Gasteiger partial charge on any atom is 0.308 e. The fraction of sp³-hybridized carbons (Fsp3) is 0.379. The average Bonchev–Trinajstić information content (AvgIpc) is 2.88. The zero-order valence-corrected chi connectivity index (χ0v) is 20.3. The number of aliphatic hydroxyl groups excluding tert-OH is 1. The van der Waals surface area contributed by atoms with Crippen molar-refractivity contribution in [1.29, 1.82) is 0 Å². The molecule has 0 spiro atoms. The van der Waals surface area contributed by atoms with Crippen molar-refractivity contribution < 1.29 is 19.7 Å². The lowest BCUT2D eigenvalue weighted by Gasteiger charge is -2.36. The number of aryl methyl sites for hydroxylation is 1. The van der Waals surface area contributed by atoms with Crippen molar-refractivity contribution in [2.75, 3.05) is 26.7 Å². The minimum absolute atomic E-state index is 0.0189. The SMILES string of the molecule is COc1ccc2nccc([C@@H](O)CC[C@@H]3CCN(CC#Cc4ccccc4C)C[C@@H]3C(=O)O)c2c1. The quantitative estimate of drug-likeness (QED) is 0.495. The van der Waals surface area contributed by atoms with E-state index >= 15 is 0 Å². The number of methoxy groups -OCH3 is 1. The second kappa shape index (κ2) is 11.4. The summed E-state index contributed by atoms with van der Waals surface area (Å²) in [5, 5.41) is 21.7. The molecule has 4 rings (SSSR count). The van der Waals surface area contributed by atoms with Gasteiger partial charge < -0.3 is 14.9 Å². The number of likely N-dealkylation sites (tertiary alicyclic amines) is 1. The van der Waals surface area contributed by atoms with Gasteiger partial charge in [0.15, 0.2) is 0 Å². The van der Waals surface area contributed by atoms with Crippen LogP contribution in [0.4, 0.5) is 0 Å². The third-order valence-electron chi connectivity index (χ3n) is 6.98. The smallest absolute Gasteiger partial charge is 0.308 e. The van der Waals surface area contributed by atoms with Gasteiger partial charge in [-0.25, -0.2) is 0 Å². The molecule has 0 amide bonds. The number of carbonyl (C=O) groups is 1. The minimum Gasteiger partial charge on any atom is -0.497 e. The number of nitrogens with zero attached hydrogens (tertiary/aromatic N) is 2. The van der Waals surface area contributed by atoms with Crippen LogP contribution in [0.25, 0.3) is 10.9 Å². The molecule has 6 nitrogen and oxygen atoms in total. The first kappa shape index (κ1) is 24.7. The predicted molar refractivity (Wildman–Crippen MR) is 136 cm³/mol. The Morgan fingerprint density at radius 2 is 2.09 bits per heavy atom. The minimum atomic E-state index is -0.778. The fourth-order valence-corrected chi connectivity index (χ4v) is 4.89. The Morgan fingerprint density at radius 3 is 2.86 bits per heavy atom. The molecule has 2 N–H and O–H groups in total. The summed E-state index contributed by atoms with van der Waals surface area (Å²) >= 11 is 0. The Kier molecular flexibility index (Phi) is 8.02. The Morgan fingerprint density at radius 1 is 1.26 bits per heavy atom. The lowest BCUT2D eigenvalue weighted by atomic mass is 9.81. The summed E-state index contributed by atoms with van der Waals surface area (Å²) in [5.74, 6) is 5.91. The summed E-state index contributed by atoms with van der Waals surface area (Å²) in [5.41, 5.74) is 3.74. The van der Waals surface area contributed by atoms with Crippen LogP contribution in [0.3, 0.4) is 0 Å². The van der Waals surface area contributed by atoms with Gasteiger partial charge in [0.25, 0.3) is 0 Å². The number of aromatic nitrogens is 1. The number of carboxylic acid groups (broad SMARTS) is 1. The summed E-state index contributed by atoms with van der Waals surface area (Å²) in [6.45, 7) is 3.88. The first-order valence-electron chi connectivity index (χ1n) is 12.1. The van der Waals surface area contributed by atoms with Crippen LogP contribution in [0.1, 0.15) is 42.1 Å². The molecule has 3 atom stereocenters. The van der Waals surface area contributed by atoms with Gasteiger partial charge in [-0.3, -0.25) is 14.7 Å². The van der Waals surface area contributed by atoms with Gasteiger partial charge in [0.05, 0.1) is 31.2 Å².